The highest BCUT2D eigenvalue weighted by molar-refractivity contribution is 5.98. The van der Waals surface area contributed by atoms with Crippen molar-refractivity contribution >= 4 is 17.8 Å². The van der Waals surface area contributed by atoms with Crippen molar-refractivity contribution in [3.05, 3.63) is 25.3 Å². The first-order valence-electron chi connectivity index (χ1n) is 12.4. The Bertz CT molecular complexity index is 836. The van der Waals surface area contributed by atoms with Crippen molar-refractivity contribution in [1.82, 2.24) is 9.80 Å². The number of aliphatic hydroxyl groups excluding tert-OH is 1. The van der Waals surface area contributed by atoms with E-state index < -0.39 is 40.6 Å². The lowest BCUT2D eigenvalue weighted by Gasteiger charge is -2.42. The Morgan fingerprint density at radius 3 is 2.53 bits per heavy atom. The van der Waals surface area contributed by atoms with Crippen LogP contribution >= 0.6 is 0 Å². The number of carbonyl (C=O) groups is 3. The molecule has 5 atom stereocenters. The fourth-order valence-electron chi connectivity index (χ4n) is 6.19. The number of esters is 1. The second kappa shape index (κ2) is 9.82. The van der Waals surface area contributed by atoms with Gasteiger partial charge in [-0.15, -0.1) is 6.58 Å². The van der Waals surface area contributed by atoms with Gasteiger partial charge in [0.25, 0.3) is 0 Å². The molecule has 0 aliphatic carbocycles. The van der Waals surface area contributed by atoms with Crippen LogP contribution < -0.4 is 0 Å². The zero-order chi connectivity index (χ0) is 25.3. The number of hydrogen-bond acceptors (Lipinski definition) is 6. The topological polar surface area (TPSA) is 96.4 Å². The van der Waals surface area contributed by atoms with Gasteiger partial charge in [-0.05, 0) is 52.9 Å². The molecule has 8 nitrogen and oxygen atoms in total. The molecule has 190 valence electrons. The third kappa shape index (κ3) is 4.09. The van der Waals surface area contributed by atoms with E-state index in [1.807, 2.05) is 27.7 Å². The summed E-state index contributed by atoms with van der Waals surface area (Å²) in [6, 6.07) is -0.839. The molecular formula is C26H40N2O6. The predicted octanol–water partition coefficient (Wildman–Crippen LogP) is 2.46. The van der Waals surface area contributed by atoms with Crippen LogP contribution in [-0.2, 0) is 23.9 Å². The lowest BCUT2D eigenvalue weighted by atomic mass is 9.65. The highest BCUT2D eigenvalue weighted by Crippen LogP contribution is 2.64. The highest BCUT2D eigenvalue weighted by Gasteiger charge is 2.79. The van der Waals surface area contributed by atoms with Crippen molar-refractivity contribution in [1.29, 1.82) is 0 Å². The van der Waals surface area contributed by atoms with Crippen molar-refractivity contribution in [2.75, 3.05) is 26.3 Å². The second-order valence-corrected chi connectivity index (χ2v) is 10.6. The van der Waals surface area contributed by atoms with Crippen molar-refractivity contribution in [3.8, 4) is 0 Å². The van der Waals surface area contributed by atoms with Gasteiger partial charge in [-0.3, -0.25) is 14.4 Å². The van der Waals surface area contributed by atoms with Crippen LogP contribution in [0.2, 0.25) is 0 Å². The normalized spacial score (nSPS) is 32.0. The molecule has 0 aromatic carbocycles. The third-order valence-corrected chi connectivity index (χ3v) is 7.71. The minimum atomic E-state index is -1.08. The van der Waals surface area contributed by atoms with Crippen LogP contribution in [0.25, 0.3) is 0 Å². The van der Waals surface area contributed by atoms with Gasteiger partial charge < -0.3 is 24.4 Å². The Kier molecular flexibility index (Phi) is 7.63. The van der Waals surface area contributed by atoms with Gasteiger partial charge in [0.15, 0.2) is 0 Å². The van der Waals surface area contributed by atoms with E-state index in [4.69, 9.17) is 9.47 Å². The van der Waals surface area contributed by atoms with Gasteiger partial charge in [-0.25, -0.2) is 0 Å². The molecule has 1 N–H and O–H groups in total. The van der Waals surface area contributed by atoms with Gasteiger partial charge in [0, 0.05) is 25.2 Å². The van der Waals surface area contributed by atoms with Gasteiger partial charge in [0.05, 0.1) is 11.5 Å². The van der Waals surface area contributed by atoms with E-state index in [0.29, 0.717) is 45.2 Å². The third-order valence-electron chi connectivity index (χ3n) is 7.71. The van der Waals surface area contributed by atoms with Gasteiger partial charge in [-0.1, -0.05) is 25.7 Å². The Morgan fingerprint density at radius 1 is 1.26 bits per heavy atom. The standard InChI is InChI=1S/C26H40N2O6/c1-7-14-28(24(4,5)6)22(31)20-26-13-12-25(9-3,34-26)19(23(32)33-17-8-2)18(26)21(30)27(20)15-10-11-16-29/h7-8,18-20,29H,1-2,9-17H2,3-6H3/t18-,19-,20?,25+,26?/m0/s1. The maximum atomic E-state index is 14.2. The van der Waals surface area contributed by atoms with E-state index in [1.54, 1.807) is 15.9 Å². The van der Waals surface area contributed by atoms with Gasteiger partial charge in [0.1, 0.15) is 24.2 Å². The zero-order valence-corrected chi connectivity index (χ0v) is 21.0. The monoisotopic (exact) mass is 476 g/mol. The van der Waals surface area contributed by atoms with Gasteiger partial charge >= 0.3 is 5.97 Å². The number of unbranched alkanes of at least 4 members (excludes halogenated alkanes) is 1. The number of carbonyl (C=O) groups excluding carboxylic acids is 3. The molecule has 2 amide bonds. The number of likely N-dealkylation sites (tertiary alicyclic amines) is 1. The van der Waals surface area contributed by atoms with Crippen LogP contribution in [0.5, 0.6) is 0 Å². The lowest BCUT2D eigenvalue weighted by molar-refractivity contribution is -0.162. The van der Waals surface area contributed by atoms with Crippen molar-refractivity contribution in [2.45, 2.75) is 82.6 Å². The summed E-state index contributed by atoms with van der Waals surface area (Å²) < 4.78 is 12.1. The maximum absolute atomic E-state index is 14.2. The van der Waals surface area contributed by atoms with Crippen LogP contribution in [0.3, 0.4) is 0 Å². The number of fused-ring (bicyclic) bond motifs is 1. The largest absolute Gasteiger partial charge is 0.461 e. The first kappa shape index (κ1) is 26.4. The molecule has 0 saturated carbocycles. The Labute approximate surface area is 202 Å². The number of hydrogen-bond donors (Lipinski definition) is 1. The summed E-state index contributed by atoms with van der Waals surface area (Å²) in [6.45, 7) is 15.9. The maximum Gasteiger partial charge on any atom is 0.313 e. The molecule has 0 aromatic rings. The van der Waals surface area contributed by atoms with Gasteiger partial charge in [0.2, 0.25) is 11.8 Å². The summed E-state index contributed by atoms with van der Waals surface area (Å²) in [5, 5.41) is 9.29. The fourth-order valence-corrected chi connectivity index (χ4v) is 6.19. The molecule has 1 spiro atoms. The average molecular weight is 477 g/mol. The molecule has 2 unspecified atom stereocenters. The van der Waals surface area contributed by atoms with Crippen LogP contribution in [0, 0.1) is 11.8 Å². The molecule has 0 radical (unpaired) electrons. The first-order valence-corrected chi connectivity index (χ1v) is 12.4. The predicted molar refractivity (Wildman–Crippen MR) is 128 cm³/mol. The van der Waals surface area contributed by atoms with Crippen molar-refractivity contribution in [2.24, 2.45) is 11.8 Å². The molecule has 3 saturated heterocycles. The quantitative estimate of drug-likeness (QED) is 0.280. The second-order valence-electron chi connectivity index (χ2n) is 10.6. The number of ether oxygens (including phenoxy) is 2. The summed E-state index contributed by atoms with van der Waals surface area (Å²) in [5.74, 6) is -2.44. The minimum absolute atomic E-state index is 0.00570. The molecule has 3 aliphatic rings. The van der Waals surface area contributed by atoms with E-state index in [9.17, 15) is 19.5 Å². The summed E-state index contributed by atoms with van der Waals surface area (Å²) in [7, 11) is 0. The minimum Gasteiger partial charge on any atom is -0.461 e. The molecular weight excluding hydrogens is 436 g/mol. The van der Waals surface area contributed by atoms with Crippen molar-refractivity contribution < 1.29 is 29.0 Å². The molecule has 3 heterocycles. The Hall–Kier alpha value is -2.19. The molecule has 3 rings (SSSR count). The number of amides is 2. The summed E-state index contributed by atoms with van der Waals surface area (Å²) in [6.07, 6.45) is 5.92. The molecule has 3 aliphatic heterocycles. The summed E-state index contributed by atoms with van der Waals surface area (Å²) >= 11 is 0. The average Bonchev–Trinajstić information content (AvgIpc) is 3.39. The van der Waals surface area contributed by atoms with E-state index >= 15 is 0 Å². The van der Waals surface area contributed by atoms with E-state index in [0.717, 1.165) is 0 Å². The van der Waals surface area contributed by atoms with Crippen LogP contribution in [0.15, 0.2) is 25.3 Å². The van der Waals surface area contributed by atoms with E-state index in [2.05, 4.69) is 13.2 Å². The molecule has 34 heavy (non-hydrogen) atoms. The van der Waals surface area contributed by atoms with Crippen LogP contribution in [-0.4, -0.2) is 81.8 Å². The van der Waals surface area contributed by atoms with Gasteiger partial charge in [-0.2, -0.15) is 0 Å². The molecule has 3 fully saturated rings. The number of rotatable bonds is 11. The number of aliphatic hydroxyl groups is 1. The van der Waals surface area contributed by atoms with E-state index in [1.165, 1.54) is 6.08 Å². The summed E-state index contributed by atoms with van der Waals surface area (Å²) in [4.78, 5) is 44.6. The van der Waals surface area contributed by atoms with E-state index in [-0.39, 0.29) is 25.0 Å². The highest BCUT2D eigenvalue weighted by atomic mass is 16.6. The number of nitrogens with zero attached hydrogens (tertiary/aromatic N) is 2. The first-order chi connectivity index (χ1) is 16.0. The van der Waals surface area contributed by atoms with Crippen LogP contribution in [0.4, 0.5) is 0 Å². The molecule has 0 aromatic heterocycles. The zero-order valence-electron chi connectivity index (χ0n) is 21.0. The SMILES string of the molecule is C=CCOC(=O)[C@@H]1[C@H]2C(=O)N(CCCCO)C(C(=O)N(CC=C)C(C)(C)C)C23CC[C@@]1(CC)O3. The Morgan fingerprint density at radius 2 is 1.97 bits per heavy atom. The summed E-state index contributed by atoms with van der Waals surface area (Å²) in [5.41, 5.74) is -2.40. The smallest absolute Gasteiger partial charge is 0.313 e. The molecule has 2 bridgehead atoms. The van der Waals surface area contributed by atoms with Crippen LogP contribution in [0.1, 0.15) is 59.8 Å². The Balaban J connectivity index is 2.09. The lowest BCUT2D eigenvalue weighted by Crippen LogP contribution is -2.60. The van der Waals surface area contributed by atoms with Crippen molar-refractivity contribution in [3.63, 3.8) is 0 Å². The fraction of sp³-hybridized carbons (Fsp3) is 0.731. The molecule has 8 heteroatoms.